The van der Waals surface area contributed by atoms with Crippen molar-refractivity contribution in [3.63, 3.8) is 0 Å². The Bertz CT molecular complexity index is 823. The molecule has 0 radical (unpaired) electrons. The normalized spacial score (nSPS) is 16.6. The smallest absolute Gasteiger partial charge is 0.248 e. The Balaban J connectivity index is 1.81. The van der Waals surface area contributed by atoms with Gasteiger partial charge in [0.1, 0.15) is 6.04 Å². The van der Waals surface area contributed by atoms with E-state index in [1.54, 1.807) is 4.68 Å². The molecule has 0 saturated heterocycles. The minimum atomic E-state index is -0.0221. The van der Waals surface area contributed by atoms with Crippen LogP contribution in [0.3, 0.4) is 0 Å². The number of rotatable bonds is 2. The van der Waals surface area contributed by atoms with Crippen LogP contribution in [0.4, 0.5) is 5.95 Å². The molecule has 0 amide bonds. The second-order valence-electron chi connectivity index (χ2n) is 5.01. The van der Waals surface area contributed by atoms with Crippen LogP contribution in [-0.4, -0.2) is 20.2 Å². The van der Waals surface area contributed by atoms with Gasteiger partial charge in [-0.15, -0.1) is 0 Å². The van der Waals surface area contributed by atoms with Gasteiger partial charge in [-0.05, 0) is 39.8 Å². The van der Waals surface area contributed by atoms with E-state index in [2.05, 4.69) is 67.1 Å². The highest BCUT2D eigenvalue weighted by Crippen LogP contribution is 2.31. The molecular weight excluding hydrogens is 342 g/mol. The summed E-state index contributed by atoms with van der Waals surface area (Å²) in [6.07, 6.45) is 2.14. The lowest BCUT2D eigenvalue weighted by Gasteiger charge is -2.23. The average molecular weight is 354 g/mol. The predicted molar refractivity (Wildman–Crippen MR) is 88.1 cm³/mol. The van der Waals surface area contributed by atoms with E-state index in [1.165, 1.54) is 0 Å². The summed E-state index contributed by atoms with van der Waals surface area (Å²) in [7, 11) is 0. The van der Waals surface area contributed by atoms with Crippen LogP contribution in [-0.2, 0) is 0 Å². The van der Waals surface area contributed by atoms with Crippen LogP contribution >= 0.6 is 15.9 Å². The van der Waals surface area contributed by atoms with E-state index in [0.717, 1.165) is 21.3 Å². The number of nitrogens with zero attached hydrogens (tertiary/aromatic N) is 4. The molecule has 1 atom stereocenters. The molecule has 0 aliphatic carbocycles. The SMILES string of the molecule is Brc1ccc(C2=CC(c3ccccc3)n3nnnc3N2)cc1. The molecule has 1 aromatic heterocycles. The number of hydrogen-bond donors (Lipinski definition) is 1. The maximum absolute atomic E-state index is 4.10. The van der Waals surface area contributed by atoms with Crippen molar-refractivity contribution in [1.29, 1.82) is 0 Å². The van der Waals surface area contributed by atoms with Crippen molar-refractivity contribution in [2.75, 3.05) is 5.32 Å². The largest absolute Gasteiger partial charge is 0.323 e. The molecule has 108 valence electrons. The van der Waals surface area contributed by atoms with E-state index in [9.17, 15) is 0 Å². The van der Waals surface area contributed by atoms with Crippen LogP contribution in [0, 0.1) is 0 Å². The Morgan fingerprint density at radius 2 is 1.77 bits per heavy atom. The average Bonchev–Trinajstić information content (AvgIpc) is 3.04. The summed E-state index contributed by atoms with van der Waals surface area (Å²) in [6, 6.07) is 18.3. The van der Waals surface area contributed by atoms with Gasteiger partial charge in [0.2, 0.25) is 5.95 Å². The van der Waals surface area contributed by atoms with Crippen molar-refractivity contribution in [2.45, 2.75) is 6.04 Å². The molecule has 0 spiro atoms. The van der Waals surface area contributed by atoms with Crippen LogP contribution in [0.15, 0.2) is 65.1 Å². The lowest BCUT2D eigenvalue weighted by molar-refractivity contribution is 0.586. The zero-order valence-electron chi connectivity index (χ0n) is 11.5. The first-order valence-corrected chi connectivity index (χ1v) is 7.68. The minimum absolute atomic E-state index is 0.0221. The van der Waals surface area contributed by atoms with Crippen LogP contribution in [0.2, 0.25) is 0 Å². The highest BCUT2D eigenvalue weighted by atomic mass is 79.9. The number of hydrogen-bond acceptors (Lipinski definition) is 4. The van der Waals surface area contributed by atoms with Gasteiger partial charge in [0.15, 0.2) is 0 Å². The van der Waals surface area contributed by atoms with E-state index in [-0.39, 0.29) is 6.04 Å². The summed E-state index contributed by atoms with van der Waals surface area (Å²) in [4.78, 5) is 0. The third-order valence-electron chi connectivity index (χ3n) is 3.62. The van der Waals surface area contributed by atoms with Gasteiger partial charge in [0.05, 0.1) is 0 Å². The molecule has 1 unspecified atom stereocenters. The molecule has 0 saturated carbocycles. The molecule has 3 aromatic rings. The molecule has 1 N–H and O–H groups in total. The van der Waals surface area contributed by atoms with Gasteiger partial charge in [0.25, 0.3) is 0 Å². The fourth-order valence-corrected chi connectivity index (χ4v) is 2.80. The summed E-state index contributed by atoms with van der Waals surface area (Å²) in [6.45, 7) is 0. The predicted octanol–water partition coefficient (Wildman–Crippen LogP) is 3.49. The highest BCUT2D eigenvalue weighted by molar-refractivity contribution is 9.10. The number of anilines is 1. The number of nitrogens with one attached hydrogen (secondary N) is 1. The topological polar surface area (TPSA) is 55.6 Å². The van der Waals surface area contributed by atoms with E-state index in [1.807, 2.05) is 30.3 Å². The summed E-state index contributed by atoms with van der Waals surface area (Å²) >= 11 is 3.46. The Hall–Kier alpha value is -2.47. The summed E-state index contributed by atoms with van der Waals surface area (Å²) < 4.78 is 2.84. The molecule has 1 aliphatic heterocycles. The maximum Gasteiger partial charge on any atom is 0.248 e. The summed E-state index contributed by atoms with van der Waals surface area (Å²) in [5.41, 5.74) is 3.24. The lowest BCUT2D eigenvalue weighted by Crippen LogP contribution is -2.20. The molecule has 0 fully saturated rings. The standard InChI is InChI=1S/C16H12BrN5/c17-13-8-6-11(7-9-13)14-10-15(12-4-2-1-3-5-12)22-16(18-14)19-20-21-22/h1-10,15H,(H,18,19,21). The Labute approximate surface area is 135 Å². The molecule has 22 heavy (non-hydrogen) atoms. The molecule has 5 nitrogen and oxygen atoms in total. The third kappa shape index (κ3) is 2.31. The van der Waals surface area contributed by atoms with Crippen LogP contribution in [0.5, 0.6) is 0 Å². The Morgan fingerprint density at radius 3 is 2.55 bits per heavy atom. The molecule has 0 bridgehead atoms. The second kappa shape index (κ2) is 5.38. The lowest BCUT2D eigenvalue weighted by atomic mass is 10.0. The minimum Gasteiger partial charge on any atom is -0.323 e. The van der Waals surface area contributed by atoms with Gasteiger partial charge in [0, 0.05) is 10.2 Å². The molecule has 1 aliphatic rings. The van der Waals surface area contributed by atoms with Crippen molar-refractivity contribution < 1.29 is 0 Å². The molecule has 6 heteroatoms. The molecule has 4 rings (SSSR count). The van der Waals surface area contributed by atoms with Crippen molar-refractivity contribution >= 4 is 27.6 Å². The summed E-state index contributed by atoms with van der Waals surface area (Å²) in [5.74, 6) is 0.647. The fraction of sp³-hybridized carbons (Fsp3) is 0.0625. The number of tetrazole rings is 1. The third-order valence-corrected chi connectivity index (χ3v) is 4.15. The monoisotopic (exact) mass is 353 g/mol. The first-order chi connectivity index (χ1) is 10.8. The van der Waals surface area contributed by atoms with Gasteiger partial charge in [-0.25, -0.2) is 0 Å². The maximum atomic E-state index is 4.10. The first-order valence-electron chi connectivity index (χ1n) is 6.89. The molecular formula is C16H12BrN5. The fourth-order valence-electron chi connectivity index (χ4n) is 2.54. The van der Waals surface area contributed by atoms with Gasteiger partial charge in [-0.1, -0.05) is 63.5 Å². The van der Waals surface area contributed by atoms with E-state index >= 15 is 0 Å². The number of allylic oxidation sites excluding steroid dienone is 1. The zero-order chi connectivity index (χ0) is 14.9. The second-order valence-corrected chi connectivity index (χ2v) is 5.93. The Kier molecular flexibility index (Phi) is 3.23. The Morgan fingerprint density at radius 1 is 1.00 bits per heavy atom. The zero-order valence-corrected chi connectivity index (χ0v) is 13.1. The first kappa shape index (κ1) is 13.2. The van der Waals surface area contributed by atoms with E-state index in [4.69, 9.17) is 0 Å². The van der Waals surface area contributed by atoms with Crippen LogP contribution in [0.25, 0.3) is 5.70 Å². The highest BCUT2D eigenvalue weighted by Gasteiger charge is 2.23. The van der Waals surface area contributed by atoms with Crippen LogP contribution < -0.4 is 5.32 Å². The van der Waals surface area contributed by atoms with Crippen molar-refractivity contribution in [2.24, 2.45) is 0 Å². The molecule has 2 aromatic carbocycles. The van der Waals surface area contributed by atoms with Gasteiger partial charge in [-0.3, -0.25) is 0 Å². The van der Waals surface area contributed by atoms with Gasteiger partial charge < -0.3 is 5.32 Å². The number of aromatic nitrogens is 4. The van der Waals surface area contributed by atoms with Gasteiger partial charge in [-0.2, -0.15) is 4.68 Å². The van der Waals surface area contributed by atoms with E-state index in [0.29, 0.717) is 5.95 Å². The number of halogens is 1. The summed E-state index contributed by atoms with van der Waals surface area (Å²) in [5, 5.41) is 15.2. The van der Waals surface area contributed by atoms with Crippen molar-refractivity contribution in [3.05, 3.63) is 76.3 Å². The van der Waals surface area contributed by atoms with E-state index < -0.39 is 0 Å². The quantitative estimate of drug-likeness (QED) is 0.766. The number of fused-ring (bicyclic) bond motifs is 1. The number of benzene rings is 2. The van der Waals surface area contributed by atoms with Crippen LogP contribution in [0.1, 0.15) is 17.2 Å². The van der Waals surface area contributed by atoms with Crippen molar-refractivity contribution in [3.8, 4) is 0 Å². The van der Waals surface area contributed by atoms with Crippen molar-refractivity contribution in [1.82, 2.24) is 20.2 Å². The molecule has 2 heterocycles. The van der Waals surface area contributed by atoms with Gasteiger partial charge >= 0.3 is 0 Å².